The number of H-pyrrole nitrogens is 1. The van der Waals surface area contributed by atoms with Crippen LogP contribution in [0.25, 0.3) is 10.9 Å². The van der Waals surface area contributed by atoms with Crippen LogP contribution in [0, 0.1) is 0 Å². The molecule has 4 saturated heterocycles. The minimum Gasteiger partial charge on any atom is -0.381 e. The molecule has 0 spiro atoms. The van der Waals surface area contributed by atoms with Crippen LogP contribution in [0.3, 0.4) is 0 Å². The van der Waals surface area contributed by atoms with E-state index in [-0.39, 0.29) is 5.91 Å². The first kappa shape index (κ1) is 16.3. The van der Waals surface area contributed by atoms with Gasteiger partial charge in [0, 0.05) is 50.8 Å². The Morgan fingerprint density at radius 2 is 1.88 bits per heavy atom. The van der Waals surface area contributed by atoms with Gasteiger partial charge in [0.25, 0.3) is 5.91 Å². The number of benzene rings is 1. The van der Waals surface area contributed by atoms with E-state index in [2.05, 4.69) is 38.2 Å². The lowest BCUT2D eigenvalue weighted by Crippen LogP contribution is -2.41. The number of aromatic amines is 1. The first-order valence-corrected chi connectivity index (χ1v) is 9.89. The van der Waals surface area contributed by atoms with E-state index in [1.165, 1.54) is 5.56 Å². The zero-order valence-electron chi connectivity index (χ0n) is 15.1. The van der Waals surface area contributed by atoms with Gasteiger partial charge < -0.3 is 14.5 Å². The van der Waals surface area contributed by atoms with E-state index >= 15 is 0 Å². The predicted octanol–water partition coefficient (Wildman–Crippen LogP) is 2.38. The monoisotopic (exact) mass is 354 g/mol. The number of nitrogens with one attached hydrogen (secondary N) is 1. The van der Waals surface area contributed by atoms with Gasteiger partial charge in [0.05, 0.1) is 5.52 Å². The molecular formula is C20H26N4O2. The summed E-state index contributed by atoms with van der Waals surface area (Å²) in [6.45, 7) is 5.70. The Balaban J connectivity index is 1.42. The van der Waals surface area contributed by atoms with E-state index in [0.717, 1.165) is 76.0 Å². The zero-order chi connectivity index (χ0) is 17.5. The second-order valence-electron chi connectivity index (χ2n) is 7.84. The van der Waals surface area contributed by atoms with E-state index in [9.17, 15) is 4.79 Å². The van der Waals surface area contributed by atoms with Crippen molar-refractivity contribution in [3.8, 4) is 0 Å². The molecule has 1 aromatic heterocycles. The average molecular weight is 354 g/mol. The van der Waals surface area contributed by atoms with Crippen molar-refractivity contribution in [1.29, 1.82) is 0 Å². The first-order valence-electron chi connectivity index (χ1n) is 9.89. The summed E-state index contributed by atoms with van der Waals surface area (Å²) in [6.07, 6.45) is 4.30. The number of fused-ring (bicyclic) bond motifs is 5. The topological polar surface area (TPSA) is 61.5 Å². The molecule has 6 rings (SSSR count). The number of hydrogen-bond donors (Lipinski definition) is 1. The van der Waals surface area contributed by atoms with Gasteiger partial charge in [-0.2, -0.15) is 5.10 Å². The van der Waals surface area contributed by atoms with E-state index in [1.54, 1.807) is 0 Å². The molecule has 2 aromatic rings. The molecule has 4 fully saturated rings. The first-order chi connectivity index (χ1) is 12.8. The van der Waals surface area contributed by atoms with Crippen molar-refractivity contribution in [2.45, 2.75) is 37.6 Å². The molecule has 0 saturated carbocycles. The van der Waals surface area contributed by atoms with E-state index in [1.807, 2.05) is 0 Å². The number of rotatable bonds is 2. The summed E-state index contributed by atoms with van der Waals surface area (Å²) < 4.78 is 5.47. The number of hydrogen-bond acceptors (Lipinski definition) is 4. The quantitative estimate of drug-likeness (QED) is 0.899. The van der Waals surface area contributed by atoms with Crippen LogP contribution in [-0.4, -0.2) is 71.3 Å². The Kier molecular flexibility index (Phi) is 4.17. The van der Waals surface area contributed by atoms with Gasteiger partial charge in [0.1, 0.15) is 0 Å². The third-order valence-corrected chi connectivity index (χ3v) is 6.40. The van der Waals surface area contributed by atoms with Gasteiger partial charge in [-0.25, -0.2) is 0 Å². The summed E-state index contributed by atoms with van der Waals surface area (Å²) in [6, 6.07) is 6.80. The van der Waals surface area contributed by atoms with Crippen molar-refractivity contribution in [3.63, 3.8) is 0 Å². The summed E-state index contributed by atoms with van der Waals surface area (Å²) >= 11 is 0. The number of amides is 1. The maximum Gasteiger partial charge on any atom is 0.275 e. The summed E-state index contributed by atoms with van der Waals surface area (Å²) in [7, 11) is 0. The summed E-state index contributed by atoms with van der Waals surface area (Å²) in [5.41, 5.74) is 2.88. The number of carbonyl (C=O) groups is 1. The molecule has 0 atom stereocenters. The van der Waals surface area contributed by atoms with Crippen LogP contribution in [0.4, 0.5) is 0 Å². The number of ether oxygens (including phenoxy) is 1. The van der Waals surface area contributed by atoms with Crippen molar-refractivity contribution >= 4 is 16.8 Å². The van der Waals surface area contributed by atoms with Crippen LogP contribution in [0.1, 0.15) is 47.7 Å². The zero-order valence-corrected chi connectivity index (χ0v) is 15.1. The van der Waals surface area contributed by atoms with Crippen molar-refractivity contribution < 1.29 is 9.53 Å². The van der Waals surface area contributed by atoms with Crippen molar-refractivity contribution in [2.75, 3.05) is 39.4 Å². The van der Waals surface area contributed by atoms with Gasteiger partial charge in [0.2, 0.25) is 0 Å². The second kappa shape index (κ2) is 6.67. The molecule has 6 nitrogen and oxygen atoms in total. The lowest BCUT2D eigenvalue weighted by Gasteiger charge is -2.31. The summed E-state index contributed by atoms with van der Waals surface area (Å²) in [4.78, 5) is 17.7. The van der Waals surface area contributed by atoms with Crippen LogP contribution in [0.15, 0.2) is 18.2 Å². The van der Waals surface area contributed by atoms with Crippen LogP contribution in [0.2, 0.25) is 0 Å². The Labute approximate surface area is 153 Å². The molecule has 4 aliphatic rings. The highest BCUT2D eigenvalue weighted by atomic mass is 16.5. The van der Waals surface area contributed by atoms with Gasteiger partial charge in [-0.15, -0.1) is 0 Å². The van der Waals surface area contributed by atoms with Gasteiger partial charge in [0.15, 0.2) is 5.69 Å². The molecule has 6 heteroatoms. The molecule has 0 unspecified atom stereocenters. The highest BCUT2D eigenvalue weighted by Gasteiger charge is 2.33. The largest absolute Gasteiger partial charge is 0.381 e. The third kappa shape index (κ3) is 2.81. The Hall–Kier alpha value is -1.92. The third-order valence-electron chi connectivity index (χ3n) is 6.40. The molecular weight excluding hydrogens is 328 g/mol. The van der Waals surface area contributed by atoms with E-state index < -0.39 is 0 Å². The molecule has 4 aliphatic heterocycles. The molecule has 5 heterocycles. The fraction of sp³-hybridized carbons (Fsp3) is 0.600. The maximum atomic E-state index is 13.2. The lowest BCUT2D eigenvalue weighted by molar-refractivity contribution is 0.0681. The van der Waals surface area contributed by atoms with E-state index in [4.69, 9.17) is 4.74 Å². The average Bonchev–Trinajstić information content (AvgIpc) is 2.88. The summed E-state index contributed by atoms with van der Waals surface area (Å²) in [5.74, 6) is 0.634. The van der Waals surface area contributed by atoms with Gasteiger partial charge >= 0.3 is 0 Å². The van der Waals surface area contributed by atoms with Crippen molar-refractivity contribution in [1.82, 2.24) is 20.0 Å². The maximum absolute atomic E-state index is 13.2. The minimum atomic E-state index is 0.0869. The molecule has 0 radical (unpaired) electrons. The van der Waals surface area contributed by atoms with Crippen LogP contribution < -0.4 is 0 Å². The molecule has 1 N–H and O–H groups in total. The number of piperidine rings is 1. The van der Waals surface area contributed by atoms with Gasteiger partial charge in [-0.3, -0.25) is 9.89 Å². The SMILES string of the molecule is O=C(c1n[nH]c2cc(C3CCOCC3)ccc12)N1CCN2CCC1CC2. The van der Waals surface area contributed by atoms with Crippen molar-refractivity contribution in [3.05, 3.63) is 29.5 Å². The Morgan fingerprint density at radius 3 is 2.69 bits per heavy atom. The second-order valence-corrected chi connectivity index (χ2v) is 7.84. The minimum absolute atomic E-state index is 0.0869. The van der Waals surface area contributed by atoms with E-state index in [0.29, 0.717) is 17.7 Å². The lowest BCUT2D eigenvalue weighted by atomic mass is 9.91. The van der Waals surface area contributed by atoms with Crippen LogP contribution in [0.5, 0.6) is 0 Å². The normalized spacial score (nSPS) is 27.0. The standard InChI is InChI=1S/C20H26N4O2/c25-20(24-10-9-23-7-3-16(24)4-8-23)19-17-2-1-15(13-18(17)21-22-19)14-5-11-26-12-6-14/h1-2,13-14,16H,3-12H2,(H,21,22). The summed E-state index contributed by atoms with van der Waals surface area (Å²) in [5, 5.41) is 8.47. The Bertz CT molecular complexity index is 803. The molecule has 0 aliphatic carbocycles. The van der Waals surface area contributed by atoms with Gasteiger partial charge in [-0.1, -0.05) is 12.1 Å². The fourth-order valence-corrected chi connectivity index (χ4v) is 4.77. The fourth-order valence-electron chi connectivity index (χ4n) is 4.77. The highest BCUT2D eigenvalue weighted by Crippen LogP contribution is 2.30. The predicted molar refractivity (Wildman–Crippen MR) is 99.4 cm³/mol. The molecule has 26 heavy (non-hydrogen) atoms. The Morgan fingerprint density at radius 1 is 1.08 bits per heavy atom. The van der Waals surface area contributed by atoms with Crippen LogP contribution >= 0.6 is 0 Å². The number of nitrogens with zero attached hydrogens (tertiary/aromatic N) is 3. The van der Waals surface area contributed by atoms with Crippen molar-refractivity contribution in [2.24, 2.45) is 0 Å². The number of aromatic nitrogens is 2. The van der Waals surface area contributed by atoms with Gasteiger partial charge in [-0.05, 0) is 43.2 Å². The number of carbonyl (C=O) groups excluding carboxylic acids is 1. The smallest absolute Gasteiger partial charge is 0.275 e. The molecule has 1 aromatic carbocycles. The highest BCUT2D eigenvalue weighted by molar-refractivity contribution is 6.04. The van der Waals surface area contributed by atoms with Crippen LogP contribution in [-0.2, 0) is 4.74 Å². The molecule has 2 bridgehead atoms. The molecule has 138 valence electrons. The molecule has 1 amide bonds.